The van der Waals surface area contributed by atoms with Crippen molar-refractivity contribution < 1.29 is 0 Å². The number of aliphatic imine (C=N–C) groups is 1. The van der Waals surface area contributed by atoms with E-state index in [2.05, 4.69) is 65.5 Å². The Morgan fingerprint density at radius 2 is 2.12 bits per heavy atom. The number of rotatable bonds is 8. The Bertz CT molecular complexity index is 494. The molecule has 1 fully saturated rings. The highest BCUT2D eigenvalue weighted by molar-refractivity contribution is 7.09. The van der Waals surface area contributed by atoms with Gasteiger partial charge in [-0.1, -0.05) is 13.0 Å². The highest BCUT2D eigenvalue weighted by atomic mass is 32.1. The minimum Gasteiger partial charge on any atom is -0.357 e. The summed E-state index contributed by atoms with van der Waals surface area (Å²) in [6.45, 7) is 13.1. The van der Waals surface area contributed by atoms with Crippen LogP contribution in [0.15, 0.2) is 22.5 Å². The van der Waals surface area contributed by atoms with Crippen LogP contribution in [-0.2, 0) is 6.42 Å². The normalized spacial score (nSPS) is 18.3. The molecule has 1 aromatic rings. The van der Waals surface area contributed by atoms with Crippen molar-refractivity contribution in [3.8, 4) is 0 Å². The Hall–Kier alpha value is -1.11. The molecular formula is C19H35N5S. The van der Waals surface area contributed by atoms with Gasteiger partial charge in [-0.2, -0.15) is 0 Å². The second-order valence-corrected chi connectivity index (χ2v) is 8.19. The molecule has 1 aliphatic heterocycles. The van der Waals surface area contributed by atoms with Crippen molar-refractivity contribution >= 4 is 17.3 Å². The van der Waals surface area contributed by atoms with Gasteiger partial charge in [0.1, 0.15) is 0 Å². The maximum Gasteiger partial charge on any atom is 0.193 e. The summed E-state index contributed by atoms with van der Waals surface area (Å²) in [7, 11) is 4.35. The number of thiophene rings is 1. The van der Waals surface area contributed by atoms with Crippen LogP contribution in [0.5, 0.6) is 0 Å². The van der Waals surface area contributed by atoms with Gasteiger partial charge in [0, 0.05) is 64.3 Å². The molecule has 0 radical (unpaired) electrons. The fraction of sp³-hybridized carbons (Fsp3) is 0.737. The van der Waals surface area contributed by atoms with Crippen LogP contribution in [0.4, 0.5) is 0 Å². The first-order valence-electron chi connectivity index (χ1n) is 9.51. The minimum absolute atomic E-state index is 0.586. The fourth-order valence-electron chi connectivity index (χ4n) is 3.08. The zero-order chi connectivity index (χ0) is 18.1. The molecule has 1 aliphatic rings. The van der Waals surface area contributed by atoms with Crippen molar-refractivity contribution in [3.05, 3.63) is 22.4 Å². The fourth-order valence-corrected chi connectivity index (χ4v) is 3.78. The average molecular weight is 366 g/mol. The Morgan fingerprint density at radius 3 is 2.76 bits per heavy atom. The maximum absolute atomic E-state index is 4.89. The van der Waals surface area contributed by atoms with Crippen molar-refractivity contribution in [2.45, 2.75) is 20.3 Å². The molecule has 0 saturated carbocycles. The number of likely N-dealkylation sites (N-methyl/N-ethyl adjacent to an activating group) is 2. The van der Waals surface area contributed by atoms with Gasteiger partial charge in [0.15, 0.2) is 5.96 Å². The van der Waals surface area contributed by atoms with Crippen LogP contribution in [0.2, 0.25) is 0 Å². The molecule has 1 saturated heterocycles. The van der Waals surface area contributed by atoms with Crippen LogP contribution in [0, 0.1) is 5.92 Å². The van der Waals surface area contributed by atoms with Gasteiger partial charge >= 0.3 is 0 Å². The Balaban J connectivity index is 1.78. The van der Waals surface area contributed by atoms with Gasteiger partial charge in [-0.15, -0.1) is 11.3 Å². The van der Waals surface area contributed by atoms with Crippen LogP contribution < -0.4 is 5.32 Å². The van der Waals surface area contributed by atoms with E-state index in [9.17, 15) is 0 Å². The van der Waals surface area contributed by atoms with Gasteiger partial charge < -0.3 is 20.0 Å². The molecule has 142 valence electrons. The monoisotopic (exact) mass is 365 g/mol. The van der Waals surface area contributed by atoms with E-state index >= 15 is 0 Å². The number of hydrogen-bond acceptors (Lipinski definition) is 4. The van der Waals surface area contributed by atoms with Crippen molar-refractivity contribution in [1.82, 2.24) is 20.0 Å². The third-order valence-electron chi connectivity index (χ3n) is 4.69. The predicted molar refractivity (Wildman–Crippen MR) is 110 cm³/mol. The van der Waals surface area contributed by atoms with Crippen LogP contribution in [0.3, 0.4) is 0 Å². The Kier molecular flexibility index (Phi) is 8.72. The van der Waals surface area contributed by atoms with Gasteiger partial charge in [-0.05, 0) is 37.8 Å². The van der Waals surface area contributed by atoms with Crippen molar-refractivity contribution in [1.29, 1.82) is 0 Å². The number of guanidine groups is 1. The highest BCUT2D eigenvalue weighted by Crippen LogP contribution is 2.10. The summed E-state index contributed by atoms with van der Waals surface area (Å²) in [4.78, 5) is 13.6. The zero-order valence-corrected chi connectivity index (χ0v) is 17.2. The molecule has 0 spiro atoms. The Morgan fingerprint density at radius 1 is 1.36 bits per heavy atom. The molecule has 1 unspecified atom stereocenters. The SMILES string of the molecule is CCNC(=NCC(C)CN1CCN(C)CC1)N(C)CCc1cccs1. The van der Waals surface area contributed by atoms with Crippen LogP contribution in [0.25, 0.3) is 0 Å². The number of piperazine rings is 1. The van der Waals surface area contributed by atoms with Gasteiger partial charge in [0.05, 0.1) is 0 Å². The summed E-state index contributed by atoms with van der Waals surface area (Å²) in [6, 6.07) is 4.33. The van der Waals surface area contributed by atoms with E-state index in [0.717, 1.165) is 38.6 Å². The lowest BCUT2D eigenvalue weighted by molar-refractivity contribution is 0.140. The van der Waals surface area contributed by atoms with Gasteiger partial charge in [-0.25, -0.2) is 0 Å². The lowest BCUT2D eigenvalue weighted by atomic mass is 10.1. The summed E-state index contributed by atoms with van der Waals surface area (Å²) in [5, 5.41) is 5.58. The molecule has 0 amide bonds. The molecule has 6 heteroatoms. The summed E-state index contributed by atoms with van der Waals surface area (Å²) in [5.41, 5.74) is 0. The topological polar surface area (TPSA) is 34.1 Å². The summed E-state index contributed by atoms with van der Waals surface area (Å²) in [6.07, 6.45) is 1.08. The molecule has 0 aromatic carbocycles. The first-order chi connectivity index (χ1) is 12.1. The number of hydrogen-bond donors (Lipinski definition) is 1. The molecule has 2 rings (SSSR count). The average Bonchev–Trinajstić information content (AvgIpc) is 3.12. The second-order valence-electron chi connectivity index (χ2n) is 7.15. The first kappa shape index (κ1) is 20.2. The van der Waals surface area contributed by atoms with E-state index in [1.165, 1.54) is 31.1 Å². The summed E-state index contributed by atoms with van der Waals surface area (Å²) in [5.74, 6) is 1.62. The van der Waals surface area contributed by atoms with E-state index in [0.29, 0.717) is 5.92 Å². The number of nitrogens with zero attached hydrogens (tertiary/aromatic N) is 4. The zero-order valence-electron chi connectivity index (χ0n) is 16.4. The van der Waals surface area contributed by atoms with Gasteiger partial charge in [-0.3, -0.25) is 4.99 Å². The summed E-state index contributed by atoms with van der Waals surface area (Å²) < 4.78 is 0. The van der Waals surface area contributed by atoms with Crippen molar-refractivity contribution in [2.24, 2.45) is 10.9 Å². The lowest BCUT2D eigenvalue weighted by Crippen LogP contribution is -2.46. The standard InChI is InChI=1S/C19H35N5S/c1-5-20-19(23(4)9-8-18-7-6-14-25-18)21-15-17(2)16-24-12-10-22(3)11-13-24/h6-7,14,17H,5,8-13,15-16H2,1-4H3,(H,20,21). The highest BCUT2D eigenvalue weighted by Gasteiger charge is 2.16. The van der Waals surface area contributed by atoms with Crippen LogP contribution in [0.1, 0.15) is 18.7 Å². The third kappa shape index (κ3) is 7.34. The summed E-state index contributed by atoms with van der Waals surface area (Å²) >= 11 is 1.83. The Labute approximate surface area is 157 Å². The third-order valence-corrected chi connectivity index (χ3v) is 5.62. The van der Waals surface area contributed by atoms with E-state index < -0.39 is 0 Å². The van der Waals surface area contributed by atoms with E-state index in [4.69, 9.17) is 4.99 Å². The van der Waals surface area contributed by atoms with Gasteiger partial charge in [0.25, 0.3) is 0 Å². The van der Waals surface area contributed by atoms with Gasteiger partial charge in [0.2, 0.25) is 0 Å². The molecule has 1 atom stereocenters. The largest absolute Gasteiger partial charge is 0.357 e. The first-order valence-corrected chi connectivity index (χ1v) is 10.4. The molecule has 1 aromatic heterocycles. The molecule has 25 heavy (non-hydrogen) atoms. The molecule has 1 N–H and O–H groups in total. The smallest absolute Gasteiger partial charge is 0.193 e. The second kappa shape index (κ2) is 10.8. The molecule has 5 nitrogen and oxygen atoms in total. The van der Waals surface area contributed by atoms with E-state index in [-0.39, 0.29) is 0 Å². The van der Waals surface area contributed by atoms with Crippen molar-refractivity contribution in [2.75, 3.05) is 66.5 Å². The molecular weight excluding hydrogens is 330 g/mol. The maximum atomic E-state index is 4.89. The van der Waals surface area contributed by atoms with Crippen LogP contribution >= 0.6 is 11.3 Å². The van der Waals surface area contributed by atoms with Crippen LogP contribution in [-0.4, -0.2) is 87.1 Å². The number of nitrogens with one attached hydrogen (secondary N) is 1. The lowest BCUT2D eigenvalue weighted by Gasteiger charge is -2.33. The van der Waals surface area contributed by atoms with Crippen molar-refractivity contribution in [3.63, 3.8) is 0 Å². The predicted octanol–water partition coefficient (Wildman–Crippen LogP) is 2.07. The molecule has 0 bridgehead atoms. The van der Waals surface area contributed by atoms with E-state index in [1.54, 1.807) is 0 Å². The molecule has 2 heterocycles. The minimum atomic E-state index is 0.586. The molecule has 0 aliphatic carbocycles. The van der Waals surface area contributed by atoms with E-state index in [1.807, 2.05) is 11.3 Å². The quantitative estimate of drug-likeness (QED) is 0.565.